The molecule has 20 heteroatoms. The van der Waals surface area contributed by atoms with Gasteiger partial charge in [-0.05, 0) is 129 Å². The van der Waals surface area contributed by atoms with Crippen molar-refractivity contribution in [1.82, 2.24) is 9.97 Å². The molecule has 4 aliphatic carbocycles. The van der Waals surface area contributed by atoms with Gasteiger partial charge in [-0.15, -0.1) is 24.0 Å². The molecule has 4 fully saturated rings. The van der Waals surface area contributed by atoms with E-state index < -0.39 is 98.1 Å². The lowest BCUT2D eigenvalue weighted by Gasteiger charge is -2.66. The number of aromatic nitrogens is 2. The predicted octanol–water partition coefficient (Wildman–Crippen LogP) is 10.3. The number of aliphatic hydroxyl groups is 3. The zero-order chi connectivity index (χ0) is 59.9. The molecule has 2 aliphatic heterocycles. The molecule has 0 bridgehead atoms. The molecule has 4 aromatic heterocycles. The van der Waals surface area contributed by atoms with Crippen molar-refractivity contribution in [3.63, 3.8) is 0 Å². The molecule has 0 saturated heterocycles. The van der Waals surface area contributed by atoms with Crippen molar-refractivity contribution < 1.29 is 66.6 Å². The molecule has 3 N–H and O–H groups in total. The number of fused-ring (bicyclic) bond motifs is 8. The smallest absolute Gasteiger partial charge is 0.345 e. The summed E-state index contributed by atoms with van der Waals surface area (Å²) < 4.78 is 56.4. The van der Waals surface area contributed by atoms with E-state index in [0.29, 0.717) is 24.0 Å². The maximum atomic E-state index is 14.6. The quantitative estimate of drug-likeness (QED) is 0.0740. The van der Waals surface area contributed by atoms with E-state index in [-0.39, 0.29) is 119 Å². The molecular weight excluding hydrogens is 1200 g/mol. The van der Waals surface area contributed by atoms with E-state index in [0.717, 1.165) is 25.3 Å². The first kappa shape index (κ1) is 62.0. The van der Waals surface area contributed by atoms with E-state index >= 15 is 0 Å². The number of halogens is 2. The lowest BCUT2D eigenvalue weighted by Crippen LogP contribution is -2.70. The van der Waals surface area contributed by atoms with Gasteiger partial charge in [0.2, 0.25) is 0 Å². The number of esters is 3. The van der Waals surface area contributed by atoms with E-state index in [2.05, 4.69) is 44.6 Å². The number of nitriles is 1. The number of benzene rings is 1. The summed E-state index contributed by atoms with van der Waals surface area (Å²) in [5.74, 6) is -2.98. The molecule has 6 heterocycles. The molecule has 6 aliphatic rings. The van der Waals surface area contributed by atoms with Gasteiger partial charge in [0.05, 0.1) is 42.7 Å². The Labute approximate surface area is 503 Å². The SMILES string of the molecule is CC(=O)OC[C@@]1(C)C2C[C@H](O)[C@@]3(C)Oc4cc(-c5cccnc5)oc(=O)c4[C@H](O)C3[C@@]2(C)CC[C@@H]1C.CC(=O)OC[C@@]1(C)C2C[C@H](OC(=O)c3ccc(C#N)c(F)c3)[C@@]3(C)Oc4cc(-c5cccnc5)oc(=O)c4[C@H](O)C3[C@@]2(C)CC[C@@H]1C.I. The monoisotopic (exact) mass is 1270 g/mol. The third-order valence-electron chi connectivity index (χ3n) is 21.0. The summed E-state index contributed by atoms with van der Waals surface area (Å²) in [6.45, 7) is 19.3. The second kappa shape index (κ2) is 22.7. The maximum Gasteiger partial charge on any atom is 0.345 e. The Kier molecular flexibility index (Phi) is 16.8. The van der Waals surface area contributed by atoms with Gasteiger partial charge < -0.3 is 47.8 Å². The van der Waals surface area contributed by atoms with Crippen LogP contribution in [0.4, 0.5) is 4.39 Å². The minimum atomic E-state index is -1.37. The van der Waals surface area contributed by atoms with Crippen molar-refractivity contribution in [2.45, 2.75) is 143 Å². The van der Waals surface area contributed by atoms with Crippen LogP contribution < -0.4 is 20.7 Å². The largest absolute Gasteiger partial charge is 0.484 e. The van der Waals surface area contributed by atoms with E-state index in [1.54, 1.807) is 61.9 Å². The summed E-state index contributed by atoms with van der Waals surface area (Å²) in [5, 5.41) is 44.7. The van der Waals surface area contributed by atoms with Crippen molar-refractivity contribution in [1.29, 1.82) is 5.26 Å². The number of pyridine rings is 2. The number of aliphatic hydroxyl groups excluding tert-OH is 3. The van der Waals surface area contributed by atoms with Gasteiger partial charge in [0.25, 0.3) is 0 Å². The van der Waals surface area contributed by atoms with Crippen LogP contribution in [-0.2, 0) is 23.8 Å². The molecule has 18 nitrogen and oxygen atoms in total. The van der Waals surface area contributed by atoms with Crippen LogP contribution in [0.5, 0.6) is 11.5 Å². The van der Waals surface area contributed by atoms with E-state index in [1.165, 1.54) is 38.2 Å². The van der Waals surface area contributed by atoms with Gasteiger partial charge in [0.15, 0.2) is 0 Å². The van der Waals surface area contributed by atoms with E-state index in [1.807, 2.05) is 13.8 Å². The van der Waals surface area contributed by atoms with Crippen molar-refractivity contribution in [2.75, 3.05) is 13.2 Å². The second-order valence-electron chi connectivity index (χ2n) is 25.5. The number of hydrogen-bond donors (Lipinski definition) is 3. The Morgan fingerprint density at radius 1 is 0.702 bits per heavy atom. The lowest BCUT2D eigenvalue weighted by molar-refractivity contribution is -0.257. The van der Waals surface area contributed by atoms with E-state index in [9.17, 15) is 43.7 Å². The zero-order valence-electron chi connectivity index (χ0n) is 48.8. The van der Waals surface area contributed by atoms with Crippen LogP contribution in [0.15, 0.2) is 97.8 Å². The van der Waals surface area contributed by atoms with Crippen molar-refractivity contribution in [3.8, 4) is 40.2 Å². The summed E-state index contributed by atoms with van der Waals surface area (Å²) >= 11 is 0. The molecule has 5 aromatic rings. The average Bonchev–Trinajstić information content (AvgIpc) is 1.13. The minimum Gasteiger partial charge on any atom is -0.484 e. The van der Waals surface area contributed by atoms with Gasteiger partial charge in [-0.2, -0.15) is 5.26 Å². The van der Waals surface area contributed by atoms with Crippen LogP contribution >= 0.6 is 24.0 Å². The Morgan fingerprint density at radius 3 is 1.61 bits per heavy atom. The molecular formula is C64H73FIN3O15. The first-order valence-corrected chi connectivity index (χ1v) is 28.4. The summed E-state index contributed by atoms with van der Waals surface area (Å²) in [6, 6.07) is 15.3. The highest BCUT2D eigenvalue weighted by Gasteiger charge is 2.71. The molecule has 4 saturated carbocycles. The van der Waals surface area contributed by atoms with Gasteiger partial charge >= 0.3 is 29.2 Å². The van der Waals surface area contributed by atoms with Crippen LogP contribution in [0, 0.1) is 74.3 Å². The number of nitrogens with zero attached hydrogens (tertiary/aromatic N) is 3. The number of carbonyl (C=O) groups excluding carboxylic acids is 3. The van der Waals surface area contributed by atoms with E-state index in [4.69, 9.17) is 37.8 Å². The molecule has 448 valence electrons. The van der Waals surface area contributed by atoms with Gasteiger partial charge in [0.1, 0.15) is 63.3 Å². The van der Waals surface area contributed by atoms with Crippen LogP contribution in [-0.4, -0.2) is 79.8 Å². The normalized spacial score (nSPS) is 35.0. The number of hydrogen-bond acceptors (Lipinski definition) is 18. The van der Waals surface area contributed by atoms with Crippen LogP contribution in [0.1, 0.15) is 147 Å². The Balaban J connectivity index is 0.000000206. The summed E-state index contributed by atoms with van der Waals surface area (Å²) in [5.41, 5.74) is -5.17. The molecule has 16 atom stereocenters. The zero-order valence-corrected chi connectivity index (χ0v) is 51.1. The fraction of sp³-hybridized carbons (Fsp3) is 0.531. The van der Waals surface area contributed by atoms with Gasteiger partial charge in [-0.1, -0.05) is 41.5 Å². The van der Waals surface area contributed by atoms with Gasteiger partial charge in [-0.25, -0.2) is 18.8 Å². The van der Waals surface area contributed by atoms with Crippen LogP contribution in [0.25, 0.3) is 22.6 Å². The highest BCUT2D eigenvalue weighted by molar-refractivity contribution is 14.0. The number of rotatable bonds is 8. The fourth-order valence-corrected chi connectivity index (χ4v) is 16.2. The Morgan fingerprint density at radius 2 is 1.17 bits per heavy atom. The number of ether oxygens (including phenoxy) is 5. The summed E-state index contributed by atoms with van der Waals surface area (Å²) in [6.07, 6.45) is 5.66. The highest BCUT2D eigenvalue weighted by Crippen LogP contribution is 2.70. The molecule has 0 radical (unpaired) electrons. The van der Waals surface area contributed by atoms with Crippen molar-refractivity contribution in [2.24, 2.45) is 57.2 Å². The van der Waals surface area contributed by atoms with Crippen LogP contribution in [0.3, 0.4) is 0 Å². The third kappa shape index (κ3) is 10.2. The highest BCUT2D eigenvalue weighted by atomic mass is 127. The van der Waals surface area contributed by atoms with Crippen LogP contribution in [0.2, 0.25) is 0 Å². The summed E-state index contributed by atoms with van der Waals surface area (Å²) in [7, 11) is 0. The number of carbonyl (C=O) groups is 3. The molecule has 1 aromatic carbocycles. The third-order valence-corrected chi connectivity index (χ3v) is 21.0. The second-order valence-corrected chi connectivity index (χ2v) is 25.5. The Bertz CT molecular complexity index is 3520. The molecule has 84 heavy (non-hydrogen) atoms. The van der Waals surface area contributed by atoms with Crippen molar-refractivity contribution in [3.05, 3.63) is 128 Å². The van der Waals surface area contributed by atoms with Gasteiger partial charge in [-0.3, -0.25) is 19.6 Å². The first-order chi connectivity index (χ1) is 39.1. The maximum absolute atomic E-state index is 14.6. The Hall–Kier alpha value is -6.54. The fourth-order valence-electron chi connectivity index (χ4n) is 16.2. The molecule has 0 amide bonds. The summed E-state index contributed by atoms with van der Waals surface area (Å²) in [4.78, 5) is 72.3. The average molecular weight is 1270 g/mol. The topological polar surface area (TPSA) is 268 Å². The predicted molar refractivity (Wildman–Crippen MR) is 312 cm³/mol. The lowest BCUT2D eigenvalue weighted by atomic mass is 9.41. The molecule has 4 unspecified atom stereocenters. The standard InChI is InChI=1S/C36H37FN2O8.C28H35NO7.HI/c1-19-10-11-34(3)27(35(19,4)18-44-20(2)40)15-28(46-32(42)21-8-9-22(16-38)24(37)13-21)36(5)31(34)30(41)29-26(47-36)14-25(45-33(29)43)23-7-6-12-39-17-23;1-15-8-9-26(3)20(27(15,4)14-34-16(2)30)12-21(31)28(5)24(26)23(32)22-19(36-28)11-18(35-25(22)33)17-7-6-10-29-13-17;/h6-9,12-14,17,19,27-28,30-31,41H,10-11,15,18H2,1-5H3;6-7,10-11,13,15,20-21,23-24,31-32H,8-9,12,14H2,1-5H3;1H/t19-,27?,28-,30-,31?,34-,35+,36+;15-,20?,21-,23-,24?,26-,27+,28+;/m00./s1. The van der Waals surface area contributed by atoms with Crippen molar-refractivity contribution >= 4 is 41.9 Å². The molecule has 11 rings (SSSR count). The first-order valence-electron chi connectivity index (χ1n) is 28.4. The van der Waals surface area contributed by atoms with Gasteiger partial charge in [0, 0.05) is 84.6 Å². The molecule has 0 spiro atoms. The minimum absolute atomic E-state index is 0.